The Balaban J connectivity index is 1.80. The maximum absolute atomic E-state index is 12.4. The molecule has 0 saturated carbocycles. The van der Waals surface area contributed by atoms with Gasteiger partial charge in [-0.1, -0.05) is 0 Å². The molecule has 10 nitrogen and oxygen atoms in total. The van der Waals surface area contributed by atoms with Crippen molar-refractivity contribution in [3.63, 3.8) is 0 Å². The minimum atomic E-state index is -0.774. The van der Waals surface area contributed by atoms with Gasteiger partial charge in [0.25, 0.3) is 5.91 Å². The second kappa shape index (κ2) is 9.22. The van der Waals surface area contributed by atoms with Crippen LogP contribution in [-0.4, -0.2) is 61.1 Å². The molecule has 10 heteroatoms. The molecule has 33 heavy (non-hydrogen) atoms. The minimum absolute atomic E-state index is 0.00534. The van der Waals surface area contributed by atoms with Crippen molar-refractivity contribution < 1.29 is 14.5 Å². The SMILES string of the molecule is CN(C)CC1CCN(c2cc(-c3cnc4c(c3)CCCO4)c([N+](=O)[O-])c(N)c2C(N)=O)CC1. The van der Waals surface area contributed by atoms with Crippen LogP contribution in [0.15, 0.2) is 18.3 Å². The van der Waals surface area contributed by atoms with Gasteiger partial charge >= 0.3 is 5.69 Å². The average molecular weight is 455 g/mol. The van der Waals surface area contributed by atoms with E-state index in [9.17, 15) is 14.9 Å². The van der Waals surface area contributed by atoms with Crippen LogP contribution in [0.3, 0.4) is 0 Å². The number of nitrogens with two attached hydrogens (primary N) is 2. The molecule has 2 aromatic rings. The monoisotopic (exact) mass is 454 g/mol. The number of aryl methyl sites for hydroxylation is 1. The number of benzene rings is 1. The molecule has 0 spiro atoms. The molecule has 176 valence electrons. The number of nitrogens with zero attached hydrogens (tertiary/aromatic N) is 4. The molecule has 0 unspecified atom stereocenters. The fourth-order valence-electron chi connectivity index (χ4n) is 4.86. The normalized spacial score (nSPS) is 16.4. The topological polar surface area (TPSA) is 141 Å². The highest BCUT2D eigenvalue weighted by Gasteiger charge is 2.32. The standard InChI is InChI=1S/C23H30N6O4/c1-27(2)13-14-5-7-28(8-6-14)18-11-17(21(29(31)32)20(24)19(18)22(25)30)16-10-15-4-3-9-33-23(15)26-12-16/h10-12,14H,3-9,13,24H2,1-2H3,(H2,25,30). The summed E-state index contributed by atoms with van der Waals surface area (Å²) in [5.41, 5.74) is 13.7. The lowest BCUT2D eigenvalue weighted by Gasteiger charge is -2.35. The first-order valence-electron chi connectivity index (χ1n) is 11.2. The predicted octanol–water partition coefficient (Wildman–Crippen LogP) is 2.44. The van der Waals surface area contributed by atoms with Crippen molar-refractivity contribution in [2.45, 2.75) is 25.7 Å². The van der Waals surface area contributed by atoms with E-state index >= 15 is 0 Å². The van der Waals surface area contributed by atoms with Crippen LogP contribution in [0.4, 0.5) is 17.1 Å². The number of aromatic nitrogens is 1. The molecule has 0 radical (unpaired) electrons. The van der Waals surface area contributed by atoms with Crippen LogP contribution in [-0.2, 0) is 6.42 Å². The molecule has 1 aromatic carbocycles. The van der Waals surface area contributed by atoms with Crippen molar-refractivity contribution in [3.8, 4) is 17.0 Å². The first kappa shape index (κ1) is 22.8. The molecule has 0 atom stereocenters. The van der Waals surface area contributed by atoms with Crippen LogP contribution in [0.1, 0.15) is 35.2 Å². The van der Waals surface area contributed by atoms with E-state index in [1.54, 1.807) is 12.3 Å². The van der Waals surface area contributed by atoms with Gasteiger partial charge in [-0.05, 0) is 57.8 Å². The lowest BCUT2D eigenvalue weighted by atomic mass is 9.93. The summed E-state index contributed by atoms with van der Waals surface area (Å²) in [4.78, 5) is 32.4. The Morgan fingerprint density at radius 1 is 1.33 bits per heavy atom. The highest BCUT2D eigenvalue weighted by Crippen LogP contribution is 2.43. The van der Waals surface area contributed by atoms with Crippen LogP contribution in [0.25, 0.3) is 11.1 Å². The second-order valence-electron chi connectivity index (χ2n) is 9.03. The van der Waals surface area contributed by atoms with E-state index < -0.39 is 10.8 Å². The number of pyridine rings is 1. The Morgan fingerprint density at radius 3 is 2.70 bits per heavy atom. The lowest BCUT2D eigenvalue weighted by Crippen LogP contribution is -2.38. The van der Waals surface area contributed by atoms with Gasteiger partial charge in [0, 0.05) is 37.0 Å². The van der Waals surface area contributed by atoms with Gasteiger partial charge in [0.15, 0.2) is 0 Å². The number of nitro benzene ring substituents is 1. The largest absolute Gasteiger partial charge is 0.477 e. The maximum atomic E-state index is 12.4. The molecule has 1 fully saturated rings. The van der Waals surface area contributed by atoms with E-state index in [2.05, 4.69) is 28.9 Å². The highest BCUT2D eigenvalue weighted by atomic mass is 16.6. The van der Waals surface area contributed by atoms with E-state index in [4.69, 9.17) is 16.2 Å². The summed E-state index contributed by atoms with van der Waals surface area (Å²) < 4.78 is 5.58. The van der Waals surface area contributed by atoms with E-state index in [1.807, 2.05) is 6.07 Å². The molecule has 1 aromatic heterocycles. The van der Waals surface area contributed by atoms with Gasteiger partial charge < -0.3 is 26.0 Å². The fourth-order valence-corrected chi connectivity index (χ4v) is 4.86. The van der Waals surface area contributed by atoms with E-state index in [-0.39, 0.29) is 16.9 Å². The third-order valence-electron chi connectivity index (χ3n) is 6.39. The Kier molecular flexibility index (Phi) is 6.37. The number of amides is 1. The van der Waals surface area contributed by atoms with Crippen LogP contribution in [0, 0.1) is 16.0 Å². The molecule has 4 rings (SSSR count). The van der Waals surface area contributed by atoms with Crippen molar-refractivity contribution in [1.82, 2.24) is 9.88 Å². The third-order valence-corrected chi connectivity index (χ3v) is 6.39. The third kappa shape index (κ3) is 4.56. The number of anilines is 2. The van der Waals surface area contributed by atoms with Gasteiger partial charge in [-0.25, -0.2) is 4.98 Å². The number of carbonyl (C=O) groups excluding carboxylic acids is 1. The quantitative estimate of drug-likeness (QED) is 0.385. The zero-order valence-corrected chi connectivity index (χ0v) is 19.0. The van der Waals surface area contributed by atoms with Gasteiger partial charge in [0.2, 0.25) is 5.88 Å². The zero-order chi connectivity index (χ0) is 23.7. The Hall–Kier alpha value is -3.40. The summed E-state index contributed by atoms with van der Waals surface area (Å²) in [6, 6.07) is 3.54. The number of nitro groups is 1. The van der Waals surface area contributed by atoms with Gasteiger partial charge in [0.05, 0.1) is 28.3 Å². The first-order chi connectivity index (χ1) is 15.8. The Morgan fingerprint density at radius 2 is 2.06 bits per heavy atom. The molecular weight excluding hydrogens is 424 g/mol. The molecule has 0 bridgehead atoms. The number of rotatable bonds is 6. The number of fused-ring (bicyclic) bond motifs is 1. The van der Waals surface area contributed by atoms with E-state index in [0.717, 1.165) is 37.8 Å². The van der Waals surface area contributed by atoms with Gasteiger partial charge in [-0.15, -0.1) is 0 Å². The second-order valence-corrected chi connectivity index (χ2v) is 9.03. The summed E-state index contributed by atoms with van der Waals surface area (Å²) in [5, 5.41) is 12.0. The van der Waals surface area contributed by atoms with Gasteiger partial charge in [-0.2, -0.15) is 0 Å². The number of carbonyl (C=O) groups is 1. The van der Waals surface area contributed by atoms with Crippen molar-refractivity contribution in [3.05, 3.63) is 39.6 Å². The number of primary amides is 1. The Labute approximate surface area is 192 Å². The number of ether oxygens (including phenoxy) is 1. The molecule has 3 heterocycles. The first-order valence-corrected chi connectivity index (χ1v) is 11.2. The van der Waals surface area contributed by atoms with E-state index in [1.165, 1.54) is 0 Å². The molecule has 1 saturated heterocycles. The van der Waals surface area contributed by atoms with Gasteiger partial charge in [0.1, 0.15) is 5.69 Å². The molecule has 0 aliphatic carbocycles. The van der Waals surface area contributed by atoms with E-state index in [0.29, 0.717) is 48.3 Å². The number of piperidine rings is 1. The fraction of sp³-hybridized carbons (Fsp3) is 0.478. The molecule has 2 aliphatic heterocycles. The van der Waals surface area contributed by atoms with Crippen LogP contribution in [0.5, 0.6) is 5.88 Å². The average Bonchev–Trinajstić information content (AvgIpc) is 2.77. The van der Waals surface area contributed by atoms with Crippen LogP contribution in [0.2, 0.25) is 0 Å². The summed E-state index contributed by atoms with van der Waals surface area (Å²) in [6.07, 6.45) is 5.09. The zero-order valence-electron chi connectivity index (χ0n) is 19.0. The lowest BCUT2D eigenvalue weighted by molar-refractivity contribution is -0.383. The summed E-state index contributed by atoms with van der Waals surface area (Å²) in [7, 11) is 4.11. The van der Waals surface area contributed by atoms with Crippen molar-refractivity contribution in [1.29, 1.82) is 0 Å². The number of hydrogen-bond donors (Lipinski definition) is 2. The smallest absolute Gasteiger partial charge is 0.300 e. The van der Waals surface area contributed by atoms with Gasteiger partial charge in [-0.3, -0.25) is 14.9 Å². The van der Waals surface area contributed by atoms with Crippen LogP contribution < -0.4 is 21.1 Å². The maximum Gasteiger partial charge on any atom is 0.300 e. The summed E-state index contributed by atoms with van der Waals surface area (Å²) in [6.45, 7) is 3.03. The minimum Gasteiger partial charge on any atom is -0.477 e. The molecule has 1 amide bonds. The number of nitrogen functional groups attached to an aromatic ring is 1. The summed E-state index contributed by atoms with van der Waals surface area (Å²) >= 11 is 0. The number of hydrogen-bond acceptors (Lipinski definition) is 8. The van der Waals surface area contributed by atoms with Crippen molar-refractivity contribution in [2.24, 2.45) is 11.7 Å². The van der Waals surface area contributed by atoms with Crippen molar-refractivity contribution in [2.75, 3.05) is 51.0 Å². The summed E-state index contributed by atoms with van der Waals surface area (Å²) in [5.74, 6) is 0.329. The molecule has 2 aliphatic rings. The Bertz CT molecular complexity index is 1080. The highest BCUT2D eigenvalue weighted by molar-refractivity contribution is 6.08. The predicted molar refractivity (Wildman–Crippen MR) is 127 cm³/mol. The van der Waals surface area contributed by atoms with Crippen LogP contribution >= 0.6 is 0 Å². The molecular formula is C23H30N6O4. The molecule has 4 N–H and O–H groups in total. The van der Waals surface area contributed by atoms with Crippen molar-refractivity contribution >= 4 is 23.0 Å².